The second-order valence-electron chi connectivity index (χ2n) is 3.04. The second kappa shape index (κ2) is 3.90. The molecule has 1 aromatic carbocycles. The molecule has 0 radical (unpaired) electrons. The van der Waals surface area contributed by atoms with Crippen LogP contribution in [-0.4, -0.2) is 5.78 Å². The second-order valence-corrected chi connectivity index (χ2v) is 3.04. The predicted octanol–water partition coefficient (Wildman–Crippen LogP) is 0.729. The molecule has 1 aromatic rings. The van der Waals surface area contributed by atoms with E-state index in [1.54, 1.807) is 12.1 Å². The molecule has 0 aliphatic carbocycles. The Balaban J connectivity index is 3.13. The van der Waals surface area contributed by atoms with E-state index in [1.807, 2.05) is 6.07 Å². The monoisotopic (exact) mass is 189 g/mol. The van der Waals surface area contributed by atoms with Crippen molar-refractivity contribution in [3.63, 3.8) is 0 Å². The highest BCUT2D eigenvalue weighted by atomic mass is 16.1. The summed E-state index contributed by atoms with van der Waals surface area (Å²) >= 11 is 0. The number of nitrogens with zero attached hydrogens (tertiary/aromatic N) is 1. The number of hydrogen-bond donors (Lipinski definition) is 2. The fourth-order valence-corrected chi connectivity index (χ4v) is 1.15. The molecule has 0 aliphatic rings. The summed E-state index contributed by atoms with van der Waals surface area (Å²) in [6, 6.07) is 5.97. The standard InChI is InChI=1S/C10H11N3O/c1-6(14)10(13)8-3-2-7(5-11)4-9(8)12/h2-4,10H,12-13H2,1H3. The maximum absolute atomic E-state index is 11.0. The third kappa shape index (κ3) is 1.90. The zero-order valence-corrected chi connectivity index (χ0v) is 7.82. The Morgan fingerprint density at radius 1 is 1.57 bits per heavy atom. The Bertz CT molecular complexity index is 406. The lowest BCUT2D eigenvalue weighted by molar-refractivity contribution is -0.118. The minimum absolute atomic E-state index is 0.151. The van der Waals surface area contributed by atoms with Gasteiger partial charge in [-0.2, -0.15) is 5.26 Å². The van der Waals surface area contributed by atoms with Gasteiger partial charge in [0.15, 0.2) is 5.78 Å². The first-order chi connectivity index (χ1) is 6.56. The lowest BCUT2D eigenvalue weighted by Gasteiger charge is -2.10. The quantitative estimate of drug-likeness (QED) is 0.670. The van der Waals surface area contributed by atoms with Gasteiger partial charge >= 0.3 is 0 Å². The summed E-state index contributed by atoms with van der Waals surface area (Å²) in [4.78, 5) is 11.0. The van der Waals surface area contributed by atoms with Gasteiger partial charge in [-0.1, -0.05) is 6.07 Å². The number of anilines is 1. The highest BCUT2D eigenvalue weighted by molar-refractivity contribution is 5.84. The molecule has 0 spiro atoms. The van der Waals surface area contributed by atoms with Gasteiger partial charge in [-0.15, -0.1) is 0 Å². The third-order valence-electron chi connectivity index (χ3n) is 1.99. The molecule has 1 unspecified atom stereocenters. The fraction of sp³-hybridized carbons (Fsp3) is 0.200. The average Bonchev–Trinajstić information content (AvgIpc) is 2.16. The highest BCUT2D eigenvalue weighted by Gasteiger charge is 2.13. The molecule has 1 rings (SSSR count). The van der Waals surface area contributed by atoms with E-state index in [4.69, 9.17) is 16.7 Å². The van der Waals surface area contributed by atoms with Crippen LogP contribution in [0.15, 0.2) is 18.2 Å². The summed E-state index contributed by atoms with van der Waals surface area (Å²) in [5, 5.41) is 8.60. The van der Waals surface area contributed by atoms with E-state index in [0.717, 1.165) is 0 Å². The van der Waals surface area contributed by atoms with Crippen molar-refractivity contribution in [2.75, 3.05) is 5.73 Å². The Morgan fingerprint density at radius 2 is 2.21 bits per heavy atom. The first kappa shape index (κ1) is 10.2. The maximum Gasteiger partial charge on any atom is 0.151 e. The summed E-state index contributed by atoms with van der Waals surface area (Å²) in [5.41, 5.74) is 12.7. The van der Waals surface area contributed by atoms with Crippen LogP contribution in [0.4, 0.5) is 5.69 Å². The molecule has 14 heavy (non-hydrogen) atoms. The molecule has 1 atom stereocenters. The number of benzene rings is 1. The Kier molecular flexibility index (Phi) is 2.85. The molecule has 0 fully saturated rings. The molecule has 0 aliphatic heterocycles. The number of rotatable bonds is 2. The minimum Gasteiger partial charge on any atom is -0.398 e. The van der Waals surface area contributed by atoms with Crippen molar-refractivity contribution < 1.29 is 4.79 Å². The molecule has 72 valence electrons. The van der Waals surface area contributed by atoms with Crippen LogP contribution in [0.5, 0.6) is 0 Å². The van der Waals surface area contributed by atoms with E-state index in [9.17, 15) is 4.79 Å². The number of carbonyl (C=O) groups is 1. The van der Waals surface area contributed by atoms with Crippen LogP contribution in [0, 0.1) is 11.3 Å². The van der Waals surface area contributed by atoms with Crippen LogP contribution in [-0.2, 0) is 4.79 Å². The summed E-state index contributed by atoms with van der Waals surface area (Å²) in [6.45, 7) is 1.41. The molecule has 4 nitrogen and oxygen atoms in total. The van der Waals surface area contributed by atoms with Crippen LogP contribution in [0.25, 0.3) is 0 Å². The van der Waals surface area contributed by atoms with Gasteiger partial charge in [-0.25, -0.2) is 0 Å². The van der Waals surface area contributed by atoms with Crippen molar-refractivity contribution >= 4 is 11.5 Å². The Morgan fingerprint density at radius 3 is 2.64 bits per heavy atom. The molecule has 4 N–H and O–H groups in total. The van der Waals surface area contributed by atoms with Gasteiger partial charge in [0.2, 0.25) is 0 Å². The molecule has 0 aromatic heterocycles. The summed E-state index contributed by atoms with van der Waals surface area (Å²) in [7, 11) is 0. The number of ketones is 1. The van der Waals surface area contributed by atoms with Crippen molar-refractivity contribution in [1.29, 1.82) is 5.26 Å². The van der Waals surface area contributed by atoms with Gasteiger partial charge in [-0.05, 0) is 24.6 Å². The molecule has 0 amide bonds. The number of nitriles is 1. The van der Waals surface area contributed by atoms with Gasteiger partial charge in [0.25, 0.3) is 0 Å². The van der Waals surface area contributed by atoms with E-state index in [0.29, 0.717) is 16.8 Å². The van der Waals surface area contributed by atoms with E-state index in [1.165, 1.54) is 13.0 Å². The first-order valence-corrected chi connectivity index (χ1v) is 4.12. The molecule has 4 heteroatoms. The van der Waals surface area contributed by atoms with Gasteiger partial charge in [0.1, 0.15) is 0 Å². The number of hydrogen-bond acceptors (Lipinski definition) is 4. The maximum atomic E-state index is 11.0. The van der Waals surface area contributed by atoms with E-state index in [-0.39, 0.29) is 5.78 Å². The largest absolute Gasteiger partial charge is 0.398 e. The van der Waals surface area contributed by atoms with Gasteiger partial charge in [-0.3, -0.25) is 4.79 Å². The van der Waals surface area contributed by atoms with E-state index < -0.39 is 6.04 Å². The highest BCUT2D eigenvalue weighted by Crippen LogP contribution is 2.20. The van der Waals surface area contributed by atoms with Crippen molar-refractivity contribution in [3.05, 3.63) is 29.3 Å². The molecule has 0 saturated carbocycles. The van der Waals surface area contributed by atoms with Crippen LogP contribution in [0.1, 0.15) is 24.1 Å². The first-order valence-electron chi connectivity index (χ1n) is 4.12. The zero-order valence-electron chi connectivity index (χ0n) is 7.82. The lowest BCUT2D eigenvalue weighted by Crippen LogP contribution is -2.19. The number of carbonyl (C=O) groups excluding carboxylic acids is 1. The van der Waals surface area contributed by atoms with Crippen LogP contribution >= 0.6 is 0 Å². The smallest absolute Gasteiger partial charge is 0.151 e. The van der Waals surface area contributed by atoms with Crippen molar-refractivity contribution in [2.24, 2.45) is 5.73 Å². The van der Waals surface area contributed by atoms with Crippen LogP contribution in [0.3, 0.4) is 0 Å². The summed E-state index contributed by atoms with van der Waals surface area (Å²) in [6.07, 6.45) is 0. The predicted molar refractivity (Wildman–Crippen MR) is 53.2 cm³/mol. The molecule has 0 saturated heterocycles. The van der Waals surface area contributed by atoms with Crippen LogP contribution in [0.2, 0.25) is 0 Å². The fourth-order valence-electron chi connectivity index (χ4n) is 1.15. The van der Waals surface area contributed by atoms with Crippen LogP contribution < -0.4 is 11.5 Å². The zero-order chi connectivity index (χ0) is 10.7. The molecule has 0 bridgehead atoms. The topological polar surface area (TPSA) is 92.9 Å². The van der Waals surface area contributed by atoms with E-state index in [2.05, 4.69) is 0 Å². The average molecular weight is 189 g/mol. The normalized spacial score (nSPS) is 11.8. The number of Topliss-reactive ketones (excluding diaryl/α,β-unsaturated/α-hetero) is 1. The number of nitrogens with two attached hydrogens (primary N) is 2. The lowest BCUT2D eigenvalue weighted by atomic mass is 10.0. The summed E-state index contributed by atoms with van der Waals surface area (Å²) < 4.78 is 0. The SMILES string of the molecule is CC(=O)C(N)c1ccc(C#N)cc1N. The Labute approximate surface area is 82.1 Å². The van der Waals surface area contributed by atoms with Crippen molar-refractivity contribution in [1.82, 2.24) is 0 Å². The molecular formula is C10H11N3O. The molecule has 0 heterocycles. The Hall–Kier alpha value is -1.86. The van der Waals surface area contributed by atoms with Gasteiger partial charge in [0, 0.05) is 5.69 Å². The van der Waals surface area contributed by atoms with Crippen molar-refractivity contribution in [2.45, 2.75) is 13.0 Å². The minimum atomic E-state index is -0.706. The van der Waals surface area contributed by atoms with Gasteiger partial charge in [0.05, 0.1) is 17.7 Å². The number of nitrogen functional groups attached to an aromatic ring is 1. The third-order valence-corrected chi connectivity index (χ3v) is 1.99. The molecular weight excluding hydrogens is 178 g/mol. The van der Waals surface area contributed by atoms with E-state index >= 15 is 0 Å². The van der Waals surface area contributed by atoms with Gasteiger partial charge < -0.3 is 11.5 Å². The van der Waals surface area contributed by atoms with Crippen molar-refractivity contribution in [3.8, 4) is 6.07 Å². The summed E-state index contributed by atoms with van der Waals surface area (Å²) in [5.74, 6) is -0.151.